The molecule has 1 fully saturated rings. The Balaban J connectivity index is 1.41. The number of ether oxygens (including phenoxy) is 1. The number of carbonyl (C=O) groups is 1. The lowest BCUT2D eigenvalue weighted by Crippen LogP contribution is -2.44. The number of hydrogen-bond donors (Lipinski definition) is 1. The minimum atomic E-state index is -0.0326. The first-order valence-corrected chi connectivity index (χ1v) is 11.1. The molecular weight excluding hydrogens is 438 g/mol. The smallest absolute Gasteiger partial charge is 0.243 e. The first kappa shape index (κ1) is 22.8. The first-order valence-electron chi connectivity index (χ1n) is 10.8. The number of halogens is 1. The summed E-state index contributed by atoms with van der Waals surface area (Å²) in [5.41, 5.74) is 2.95. The zero-order valence-electron chi connectivity index (χ0n) is 18.5. The first-order chi connectivity index (χ1) is 16.0. The van der Waals surface area contributed by atoms with Gasteiger partial charge >= 0.3 is 0 Å². The fourth-order valence-corrected chi connectivity index (χ4v) is 3.62. The standard InChI is InChI=1S/C25H26ClN5O2/c1-3-21(32)16-18-4-10-22(11-5-18)33-24-23(26)17-27-25(29-24)28-19-6-8-20(9-7-19)31-14-12-30(2)13-15-31/h3-11,17H,1,12-16H2,2H3,(H,27,28,29). The van der Waals surface area contributed by atoms with Crippen molar-refractivity contribution in [2.24, 2.45) is 0 Å². The van der Waals surface area contributed by atoms with Gasteiger partial charge in [-0.1, -0.05) is 30.3 Å². The zero-order chi connectivity index (χ0) is 23.2. The van der Waals surface area contributed by atoms with E-state index in [0.717, 1.165) is 37.4 Å². The Hall–Kier alpha value is -3.42. The molecule has 1 N–H and O–H groups in total. The fourth-order valence-electron chi connectivity index (χ4n) is 3.49. The monoisotopic (exact) mass is 463 g/mol. The summed E-state index contributed by atoms with van der Waals surface area (Å²) in [6.45, 7) is 7.67. The summed E-state index contributed by atoms with van der Waals surface area (Å²) < 4.78 is 5.84. The van der Waals surface area contributed by atoms with Crippen LogP contribution in [0.15, 0.2) is 67.4 Å². The number of allylic oxidation sites excluding steroid dienone is 1. The molecule has 0 atom stereocenters. The van der Waals surface area contributed by atoms with E-state index in [2.05, 4.69) is 50.8 Å². The molecule has 0 aliphatic carbocycles. The van der Waals surface area contributed by atoms with E-state index >= 15 is 0 Å². The number of benzene rings is 2. The SMILES string of the molecule is C=CC(=O)Cc1ccc(Oc2nc(Nc3ccc(N4CCN(C)CC4)cc3)ncc2Cl)cc1. The topological polar surface area (TPSA) is 70.6 Å². The van der Waals surface area contributed by atoms with Gasteiger partial charge in [0, 0.05) is 44.0 Å². The number of anilines is 3. The molecule has 8 heteroatoms. The molecule has 0 amide bonds. The number of hydrogen-bond acceptors (Lipinski definition) is 7. The Labute approximate surface area is 198 Å². The van der Waals surface area contributed by atoms with Crippen LogP contribution in [0.1, 0.15) is 5.56 Å². The summed E-state index contributed by atoms with van der Waals surface area (Å²) in [4.78, 5) is 24.9. The predicted molar refractivity (Wildman–Crippen MR) is 132 cm³/mol. The molecule has 1 aromatic heterocycles. The second kappa shape index (κ2) is 10.5. The third-order valence-corrected chi connectivity index (χ3v) is 5.71. The van der Waals surface area contributed by atoms with Gasteiger partial charge < -0.3 is 19.9 Å². The van der Waals surface area contributed by atoms with Crippen molar-refractivity contribution in [2.45, 2.75) is 6.42 Å². The highest BCUT2D eigenvalue weighted by molar-refractivity contribution is 6.31. The van der Waals surface area contributed by atoms with E-state index in [0.29, 0.717) is 23.1 Å². The molecule has 1 aliphatic heterocycles. The van der Waals surface area contributed by atoms with E-state index in [1.807, 2.05) is 24.3 Å². The van der Waals surface area contributed by atoms with E-state index in [1.165, 1.54) is 18.0 Å². The van der Waals surface area contributed by atoms with Crippen LogP contribution < -0.4 is 15.0 Å². The Morgan fingerprint density at radius 3 is 2.48 bits per heavy atom. The number of piperazine rings is 1. The van der Waals surface area contributed by atoms with Crippen molar-refractivity contribution in [1.29, 1.82) is 0 Å². The highest BCUT2D eigenvalue weighted by Crippen LogP contribution is 2.29. The van der Waals surface area contributed by atoms with Crippen LogP contribution in [0.4, 0.5) is 17.3 Å². The summed E-state index contributed by atoms with van der Waals surface area (Å²) in [6, 6.07) is 15.4. The van der Waals surface area contributed by atoms with Crippen molar-refractivity contribution in [3.63, 3.8) is 0 Å². The highest BCUT2D eigenvalue weighted by atomic mass is 35.5. The van der Waals surface area contributed by atoms with E-state index in [9.17, 15) is 4.79 Å². The van der Waals surface area contributed by atoms with E-state index in [-0.39, 0.29) is 11.7 Å². The summed E-state index contributed by atoms with van der Waals surface area (Å²) in [5.74, 6) is 1.16. The Bertz CT molecular complexity index is 1110. The maximum atomic E-state index is 11.5. The van der Waals surface area contributed by atoms with Crippen molar-refractivity contribution < 1.29 is 9.53 Å². The number of likely N-dealkylation sites (N-methyl/N-ethyl adjacent to an activating group) is 1. The molecule has 0 radical (unpaired) electrons. The van der Waals surface area contributed by atoms with Crippen LogP contribution in [0.2, 0.25) is 5.02 Å². The largest absolute Gasteiger partial charge is 0.437 e. The Kier molecular flexibility index (Phi) is 7.22. The molecule has 2 heterocycles. The Morgan fingerprint density at radius 1 is 1.12 bits per heavy atom. The van der Waals surface area contributed by atoms with Gasteiger partial charge in [0.15, 0.2) is 5.78 Å². The fraction of sp³-hybridized carbons (Fsp3) is 0.240. The van der Waals surface area contributed by atoms with E-state index in [1.54, 1.807) is 12.1 Å². The van der Waals surface area contributed by atoms with Crippen LogP contribution in [0, 0.1) is 0 Å². The zero-order valence-corrected chi connectivity index (χ0v) is 19.3. The van der Waals surface area contributed by atoms with Gasteiger partial charge in [0.05, 0.1) is 6.20 Å². The van der Waals surface area contributed by atoms with E-state index in [4.69, 9.17) is 16.3 Å². The van der Waals surface area contributed by atoms with Crippen molar-refractivity contribution in [3.8, 4) is 11.6 Å². The molecule has 0 saturated carbocycles. The minimum absolute atomic E-state index is 0.0326. The van der Waals surface area contributed by atoms with Gasteiger partial charge in [0.2, 0.25) is 11.8 Å². The van der Waals surface area contributed by atoms with Gasteiger partial charge in [0.25, 0.3) is 0 Å². The third kappa shape index (κ3) is 6.09. The second-order valence-electron chi connectivity index (χ2n) is 7.90. The van der Waals surface area contributed by atoms with Crippen LogP contribution in [0.25, 0.3) is 0 Å². The minimum Gasteiger partial charge on any atom is -0.437 e. The molecule has 7 nitrogen and oxygen atoms in total. The quantitative estimate of drug-likeness (QED) is 0.485. The number of nitrogens with one attached hydrogen (secondary N) is 1. The summed E-state index contributed by atoms with van der Waals surface area (Å²) in [6.07, 6.45) is 3.13. The van der Waals surface area contributed by atoms with Crippen LogP contribution in [0.3, 0.4) is 0 Å². The normalized spacial score (nSPS) is 14.1. The number of aromatic nitrogens is 2. The van der Waals surface area contributed by atoms with Crippen LogP contribution in [-0.4, -0.2) is 53.9 Å². The maximum absolute atomic E-state index is 11.5. The molecule has 1 aliphatic rings. The number of carbonyl (C=O) groups excluding carboxylic acids is 1. The molecule has 1 saturated heterocycles. The maximum Gasteiger partial charge on any atom is 0.243 e. The van der Waals surface area contributed by atoms with Gasteiger partial charge in [-0.2, -0.15) is 4.98 Å². The van der Waals surface area contributed by atoms with Crippen molar-refractivity contribution >= 4 is 34.7 Å². The predicted octanol–water partition coefficient (Wildman–Crippen LogP) is 4.72. The average molecular weight is 464 g/mol. The average Bonchev–Trinajstić information content (AvgIpc) is 2.83. The molecular formula is C25H26ClN5O2. The lowest BCUT2D eigenvalue weighted by atomic mass is 10.1. The van der Waals surface area contributed by atoms with E-state index < -0.39 is 0 Å². The molecule has 4 rings (SSSR count). The number of nitrogens with zero attached hydrogens (tertiary/aromatic N) is 4. The molecule has 2 aromatic carbocycles. The van der Waals surface area contributed by atoms with Crippen LogP contribution >= 0.6 is 11.6 Å². The molecule has 0 bridgehead atoms. The summed E-state index contributed by atoms with van der Waals surface area (Å²) in [7, 11) is 2.15. The lowest BCUT2D eigenvalue weighted by molar-refractivity contribution is -0.114. The van der Waals surface area contributed by atoms with Crippen LogP contribution in [-0.2, 0) is 11.2 Å². The number of rotatable bonds is 8. The molecule has 33 heavy (non-hydrogen) atoms. The molecule has 170 valence electrons. The van der Waals surface area contributed by atoms with Gasteiger partial charge in [-0.15, -0.1) is 0 Å². The van der Waals surface area contributed by atoms with Gasteiger partial charge in [0.1, 0.15) is 10.8 Å². The van der Waals surface area contributed by atoms with Crippen LogP contribution in [0.5, 0.6) is 11.6 Å². The van der Waals surface area contributed by atoms with Crippen molar-refractivity contribution in [2.75, 3.05) is 43.4 Å². The van der Waals surface area contributed by atoms with Gasteiger partial charge in [-0.3, -0.25) is 4.79 Å². The summed E-state index contributed by atoms with van der Waals surface area (Å²) in [5, 5.41) is 3.50. The second-order valence-corrected chi connectivity index (χ2v) is 8.31. The van der Waals surface area contributed by atoms with Crippen molar-refractivity contribution in [3.05, 3.63) is 78.0 Å². The highest BCUT2D eigenvalue weighted by Gasteiger charge is 2.14. The third-order valence-electron chi connectivity index (χ3n) is 5.45. The summed E-state index contributed by atoms with van der Waals surface area (Å²) >= 11 is 6.24. The Morgan fingerprint density at radius 2 is 1.82 bits per heavy atom. The van der Waals surface area contributed by atoms with Gasteiger partial charge in [-0.25, -0.2) is 4.98 Å². The molecule has 0 unspecified atom stereocenters. The number of ketones is 1. The van der Waals surface area contributed by atoms with Crippen molar-refractivity contribution in [1.82, 2.24) is 14.9 Å². The lowest BCUT2D eigenvalue weighted by Gasteiger charge is -2.34. The van der Waals surface area contributed by atoms with Gasteiger partial charge in [-0.05, 0) is 55.1 Å². The molecule has 0 spiro atoms. The molecule has 3 aromatic rings.